The highest BCUT2D eigenvalue weighted by Crippen LogP contribution is 2.36. The highest BCUT2D eigenvalue weighted by molar-refractivity contribution is 6.08. The van der Waals surface area contributed by atoms with Crippen molar-refractivity contribution in [2.45, 2.75) is 38.8 Å². The lowest BCUT2D eigenvalue weighted by atomic mass is 10.0. The number of benzene rings is 1. The van der Waals surface area contributed by atoms with Crippen LogP contribution in [-0.2, 0) is 9.59 Å². The molecule has 1 aromatic rings. The molecule has 1 saturated heterocycles. The van der Waals surface area contributed by atoms with Gasteiger partial charge in [-0.2, -0.15) is 0 Å². The third-order valence-corrected chi connectivity index (χ3v) is 4.09. The minimum Gasteiger partial charge on any atom is -0.342 e. The zero-order valence-electron chi connectivity index (χ0n) is 11.5. The quantitative estimate of drug-likeness (QED) is 0.895. The molecule has 0 spiro atoms. The Hall–Kier alpha value is -1.91. The maximum Gasteiger partial charge on any atom is 0.250 e. The van der Waals surface area contributed by atoms with Gasteiger partial charge in [0.15, 0.2) is 0 Å². The molecule has 4 nitrogen and oxygen atoms in total. The van der Waals surface area contributed by atoms with Gasteiger partial charge in [0.1, 0.15) is 17.9 Å². The number of amides is 2. The molecule has 2 aliphatic rings. The summed E-state index contributed by atoms with van der Waals surface area (Å²) in [6, 6.07) is 3.58. The second-order valence-electron chi connectivity index (χ2n) is 5.64. The van der Waals surface area contributed by atoms with Crippen LogP contribution in [0.15, 0.2) is 18.2 Å². The van der Waals surface area contributed by atoms with Gasteiger partial charge < -0.3 is 5.32 Å². The van der Waals surface area contributed by atoms with E-state index < -0.39 is 12.1 Å². The number of anilines is 1. The average molecular weight is 276 g/mol. The van der Waals surface area contributed by atoms with Gasteiger partial charge in [0, 0.05) is 5.69 Å². The molecule has 2 fully saturated rings. The summed E-state index contributed by atoms with van der Waals surface area (Å²) in [5, 5.41) is 2.78. The Morgan fingerprint density at radius 1 is 1.30 bits per heavy atom. The van der Waals surface area contributed by atoms with Crippen LogP contribution in [0.1, 0.15) is 25.3 Å². The van der Waals surface area contributed by atoms with Crippen LogP contribution in [-0.4, -0.2) is 23.9 Å². The van der Waals surface area contributed by atoms with E-state index in [0.29, 0.717) is 11.3 Å². The van der Waals surface area contributed by atoms with Crippen LogP contribution < -0.4 is 10.2 Å². The van der Waals surface area contributed by atoms with Crippen LogP contribution in [0.2, 0.25) is 0 Å². The molecular weight excluding hydrogens is 259 g/mol. The Kier molecular flexibility index (Phi) is 3.00. The molecule has 106 valence electrons. The van der Waals surface area contributed by atoms with E-state index in [1.165, 1.54) is 11.0 Å². The first-order valence-corrected chi connectivity index (χ1v) is 6.88. The molecule has 2 unspecified atom stereocenters. The van der Waals surface area contributed by atoms with E-state index in [1.54, 1.807) is 26.0 Å². The van der Waals surface area contributed by atoms with E-state index in [2.05, 4.69) is 5.32 Å². The van der Waals surface area contributed by atoms with E-state index in [0.717, 1.165) is 12.8 Å². The first-order chi connectivity index (χ1) is 9.49. The second-order valence-corrected chi connectivity index (χ2v) is 5.64. The van der Waals surface area contributed by atoms with Crippen molar-refractivity contribution in [2.75, 3.05) is 4.90 Å². The number of rotatable bonds is 2. The maximum absolute atomic E-state index is 13.7. The largest absolute Gasteiger partial charge is 0.342 e. The fraction of sp³-hybridized carbons (Fsp3) is 0.467. The smallest absolute Gasteiger partial charge is 0.250 e. The van der Waals surface area contributed by atoms with E-state index in [1.807, 2.05) is 0 Å². The third-order valence-electron chi connectivity index (χ3n) is 4.09. The first kappa shape index (κ1) is 13.1. The van der Waals surface area contributed by atoms with E-state index in [-0.39, 0.29) is 23.5 Å². The predicted molar refractivity (Wildman–Crippen MR) is 72.7 cm³/mol. The van der Waals surface area contributed by atoms with Gasteiger partial charge in [-0.05, 0) is 50.3 Å². The molecule has 1 aromatic carbocycles. The summed E-state index contributed by atoms with van der Waals surface area (Å²) >= 11 is 0. The standard InChI is InChI=1S/C15H17FN2O2/c1-8-3-6-11(7-12(8)16)18-9(2)14(19)17-13(15(18)20)10-4-5-10/h3,6-7,9-10,13H,4-5H2,1-2H3,(H,17,19). The molecule has 1 saturated carbocycles. The zero-order chi connectivity index (χ0) is 14.4. The number of aryl methyl sites for hydroxylation is 1. The number of carbonyl (C=O) groups is 2. The molecular formula is C15H17FN2O2. The van der Waals surface area contributed by atoms with Crippen molar-refractivity contribution < 1.29 is 14.0 Å². The number of hydrogen-bond acceptors (Lipinski definition) is 2. The lowest BCUT2D eigenvalue weighted by molar-refractivity contribution is -0.134. The molecule has 3 rings (SSSR count). The van der Waals surface area contributed by atoms with Gasteiger partial charge >= 0.3 is 0 Å². The molecule has 2 amide bonds. The van der Waals surface area contributed by atoms with Crippen LogP contribution >= 0.6 is 0 Å². The Morgan fingerprint density at radius 3 is 2.60 bits per heavy atom. The van der Waals surface area contributed by atoms with Crippen LogP contribution in [0.4, 0.5) is 10.1 Å². The molecule has 0 bridgehead atoms. The molecule has 20 heavy (non-hydrogen) atoms. The minimum atomic E-state index is -0.611. The zero-order valence-corrected chi connectivity index (χ0v) is 11.5. The molecule has 5 heteroatoms. The number of hydrogen-bond donors (Lipinski definition) is 1. The number of halogens is 1. The second kappa shape index (κ2) is 4.58. The Labute approximate surface area is 117 Å². The van der Waals surface area contributed by atoms with Crippen molar-refractivity contribution in [3.8, 4) is 0 Å². The highest BCUT2D eigenvalue weighted by Gasteiger charge is 2.46. The van der Waals surface area contributed by atoms with E-state index in [4.69, 9.17) is 0 Å². The number of carbonyl (C=O) groups excluding carboxylic acids is 2. The highest BCUT2D eigenvalue weighted by atomic mass is 19.1. The molecule has 1 N–H and O–H groups in total. The normalized spacial score (nSPS) is 26.6. The van der Waals surface area contributed by atoms with Crippen LogP contribution in [0, 0.1) is 18.7 Å². The van der Waals surface area contributed by atoms with Crippen molar-refractivity contribution in [1.29, 1.82) is 0 Å². The van der Waals surface area contributed by atoms with Gasteiger partial charge in [0.25, 0.3) is 5.91 Å². The fourth-order valence-corrected chi connectivity index (χ4v) is 2.63. The SMILES string of the molecule is Cc1ccc(N2C(=O)C(C3CC3)NC(=O)C2C)cc1F. The van der Waals surface area contributed by atoms with Crippen molar-refractivity contribution in [3.05, 3.63) is 29.6 Å². The molecule has 1 aliphatic carbocycles. The fourth-order valence-electron chi connectivity index (χ4n) is 2.63. The summed E-state index contributed by atoms with van der Waals surface area (Å²) in [4.78, 5) is 26.0. The Balaban J connectivity index is 1.97. The molecule has 1 aliphatic heterocycles. The molecule has 2 atom stereocenters. The summed E-state index contributed by atoms with van der Waals surface area (Å²) in [5.41, 5.74) is 0.972. The van der Waals surface area contributed by atoms with Crippen LogP contribution in [0.3, 0.4) is 0 Å². The number of nitrogens with one attached hydrogen (secondary N) is 1. The van der Waals surface area contributed by atoms with Crippen molar-refractivity contribution >= 4 is 17.5 Å². The van der Waals surface area contributed by atoms with Crippen molar-refractivity contribution in [2.24, 2.45) is 5.92 Å². The van der Waals surface area contributed by atoms with Gasteiger partial charge in [0.2, 0.25) is 5.91 Å². The first-order valence-electron chi connectivity index (χ1n) is 6.88. The van der Waals surface area contributed by atoms with Crippen LogP contribution in [0.5, 0.6) is 0 Å². The monoisotopic (exact) mass is 276 g/mol. The summed E-state index contributed by atoms with van der Waals surface area (Å²) in [5.74, 6) is -0.446. The summed E-state index contributed by atoms with van der Waals surface area (Å²) in [7, 11) is 0. The predicted octanol–water partition coefficient (Wildman–Crippen LogP) is 1.76. The lowest BCUT2D eigenvalue weighted by Crippen LogP contribution is -2.63. The van der Waals surface area contributed by atoms with Gasteiger partial charge in [-0.15, -0.1) is 0 Å². The molecule has 1 heterocycles. The van der Waals surface area contributed by atoms with Gasteiger partial charge in [0.05, 0.1) is 0 Å². The summed E-state index contributed by atoms with van der Waals surface area (Å²) in [6.07, 6.45) is 1.92. The number of nitrogens with zero attached hydrogens (tertiary/aromatic N) is 1. The third kappa shape index (κ3) is 2.07. The molecule has 0 radical (unpaired) electrons. The maximum atomic E-state index is 13.7. The summed E-state index contributed by atoms with van der Waals surface area (Å²) in [6.45, 7) is 3.33. The Bertz CT molecular complexity index is 583. The topological polar surface area (TPSA) is 49.4 Å². The Morgan fingerprint density at radius 2 is 2.00 bits per heavy atom. The van der Waals surface area contributed by atoms with Crippen molar-refractivity contribution in [3.63, 3.8) is 0 Å². The van der Waals surface area contributed by atoms with Gasteiger partial charge in [-0.25, -0.2) is 4.39 Å². The van der Waals surface area contributed by atoms with Crippen molar-refractivity contribution in [1.82, 2.24) is 5.32 Å². The van der Waals surface area contributed by atoms with E-state index >= 15 is 0 Å². The van der Waals surface area contributed by atoms with Gasteiger partial charge in [-0.3, -0.25) is 14.5 Å². The van der Waals surface area contributed by atoms with Gasteiger partial charge in [-0.1, -0.05) is 6.07 Å². The number of piperazine rings is 1. The summed E-state index contributed by atoms with van der Waals surface area (Å²) < 4.78 is 13.7. The molecule has 0 aromatic heterocycles. The lowest BCUT2D eigenvalue weighted by Gasteiger charge is -2.37. The average Bonchev–Trinajstić information content (AvgIpc) is 3.22. The van der Waals surface area contributed by atoms with Crippen LogP contribution in [0.25, 0.3) is 0 Å². The minimum absolute atomic E-state index is 0.136. The van der Waals surface area contributed by atoms with E-state index in [9.17, 15) is 14.0 Å².